The number of nitrogens with zero attached hydrogens (tertiary/aromatic N) is 3. The van der Waals surface area contributed by atoms with Gasteiger partial charge in [-0.15, -0.1) is 0 Å². The average molecular weight is 520 g/mol. The third kappa shape index (κ3) is 7.38. The number of rotatable bonds is 9. The second kappa shape index (κ2) is 14.0. The first-order chi connectivity index (χ1) is 18.6. The maximum absolute atomic E-state index is 12.1. The normalized spacial score (nSPS) is 15.4. The Balaban J connectivity index is 0.000000194. The first-order valence-corrected chi connectivity index (χ1v) is 13.9. The fourth-order valence-corrected chi connectivity index (χ4v) is 5.21. The van der Waals surface area contributed by atoms with Crippen LogP contribution >= 0.6 is 0 Å². The molecule has 2 amide bonds. The van der Waals surface area contributed by atoms with Gasteiger partial charge in [0, 0.05) is 62.6 Å². The van der Waals surface area contributed by atoms with Gasteiger partial charge in [0.25, 0.3) is 0 Å². The van der Waals surface area contributed by atoms with E-state index in [0.717, 1.165) is 64.0 Å². The van der Waals surface area contributed by atoms with Crippen LogP contribution in [0.1, 0.15) is 49.7 Å². The number of likely N-dealkylation sites (tertiary alicyclic amines) is 1. The number of carbonyl (C=O) groups is 2. The summed E-state index contributed by atoms with van der Waals surface area (Å²) in [4.78, 5) is 27.3. The van der Waals surface area contributed by atoms with Gasteiger partial charge >= 0.3 is 6.09 Å². The Kier molecular flexibility index (Phi) is 10.2. The average Bonchev–Trinajstić information content (AvgIpc) is 3.53. The van der Waals surface area contributed by atoms with Gasteiger partial charge in [-0.1, -0.05) is 30.3 Å². The molecule has 0 radical (unpaired) electrons. The largest absolute Gasteiger partial charge is 0.447 e. The molecule has 3 heterocycles. The van der Waals surface area contributed by atoms with E-state index >= 15 is 0 Å². The number of para-hydroxylation sites is 1. The van der Waals surface area contributed by atoms with Crippen LogP contribution in [0.25, 0.3) is 10.9 Å². The first-order valence-electron chi connectivity index (χ1n) is 13.9. The molecule has 7 heteroatoms. The lowest BCUT2D eigenvalue weighted by atomic mass is 10.1. The summed E-state index contributed by atoms with van der Waals surface area (Å²) in [7, 11) is 1.75. The molecule has 2 aliphatic heterocycles. The molecule has 1 aromatic heterocycles. The summed E-state index contributed by atoms with van der Waals surface area (Å²) in [6.07, 6.45) is 8.95. The molecule has 0 bridgehead atoms. The van der Waals surface area contributed by atoms with Gasteiger partial charge in [0.1, 0.15) is 6.61 Å². The highest BCUT2D eigenvalue weighted by Gasteiger charge is 2.23. The number of piperidine rings is 1. The first kappa shape index (κ1) is 27.7. The van der Waals surface area contributed by atoms with Crippen LogP contribution in [0.4, 0.5) is 10.5 Å². The molecule has 204 valence electrons. The Labute approximate surface area is 226 Å². The van der Waals surface area contributed by atoms with E-state index < -0.39 is 0 Å². The second-order valence-electron chi connectivity index (χ2n) is 10.1. The number of aryl methyl sites for hydroxylation is 3. The third-order valence-corrected chi connectivity index (χ3v) is 7.31. The number of cyclic esters (lactones) is 1. The predicted octanol–water partition coefficient (Wildman–Crippen LogP) is 5.96. The van der Waals surface area contributed by atoms with Crippen molar-refractivity contribution in [1.82, 2.24) is 9.47 Å². The van der Waals surface area contributed by atoms with Gasteiger partial charge in [-0.05, 0) is 74.8 Å². The van der Waals surface area contributed by atoms with Crippen molar-refractivity contribution in [3.05, 3.63) is 65.9 Å². The highest BCUT2D eigenvalue weighted by atomic mass is 16.6. The molecule has 0 saturated carbocycles. The number of fused-ring (bicyclic) bond motifs is 1. The van der Waals surface area contributed by atoms with Gasteiger partial charge in [0.2, 0.25) is 5.91 Å². The maximum atomic E-state index is 12.1. The number of carbonyl (C=O) groups excluding carboxylic acids is 2. The minimum atomic E-state index is -0.273. The van der Waals surface area contributed by atoms with Gasteiger partial charge in [-0.25, -0.2) is 4.79 Å². The molecule has 0 N–H and O–H groups in total. The van der Waals surface area contributed by atoms with Crippen molar-refractivity contribution in [2.45, 2.75) is 58.4 Å². The Bertz CT molecular complexity index is 1180. The number of hydrogen-bond acceptors (Lipinski definition) is 4. The lowest BCUT2D eigenvalue weighted by molar-refractivity contribution is -0.132. The van der Waals surface area contributed by atoms with Crippen LogP contribution in [0.5, 0.6) is 0 Å². The topological polar surface area (TPSA) is 64.0 Å². The van der Waals surface area contributed by atoms with E-state index in [0.29, 0.717) is 25.5 Å². The van der Waals surface area contributed by atoms with Crippen LogP contribution in [0.3, 0.4) is 0 Å². The molecule has 7 nitrogen and oxygen atoms in total. The molecule has 0 atom stereocenters. The number of amides is 2. The molecule has 2 aliphatic rings. The number of ether oxygens (including phenoxy) is 2. The standard InChI is InChI=1S/C18H24N2O3.C13H17NO/c21-17(19-11-2-1-3-12-19)6-4-5-15-7-9-16(10-8-15)20-13-14-23-18(20)22;1-11-10-14(8-5-9-15-2)13-7-4-3-6-12(11)13/h7-10H,1-6,11-14H2;3-4,6-7,10H,5,8-9H2,1-2H3. The fraction of sp³-hybridized carbons (Fsp3) is 0.484. The molecule has 2 fully saturated rings. The summed E-state index contributed by atoms with van der Waals surface area (Å²) >= 11 is 0. The van der Waals surface area contributed by atoms with E-state index in [-0.39, 0.29) is 6.09 Å². The van der Waals surface area contributed by atoms with Crippen molar-refractivity contribution in [1.29, 1.82) is 0 Å². The number of hydrogen-bond donors (Lipinski definition) is 0. The predicted molar refractivity (Wildman–Crippen MR) is 152 cm³/mol. The maximum Gasteiger partial charge on any atom is 0.414 e. The molecule has 2 aromatic carbocycles. The number of benzene rings is 2. The van der Waals surface area contributed by atoms with Gasteiger partial charge in [0.15, 0.2) is 0 Å². The summed E-state index contributed by atoms with van der Waals surface area (Å²) in [5.41, 5.74) is 4.75. The molecule has 0 aliphatic carbocycles. The van der Waals surface area contributed by atoms with Crippen molar-refractivity contribution < 1.29 is 19.1 Å². The molecular weight excluding hydrogens is 478 g/mol. The Morgan fingerprint density at radius 2 is 1.74 bits per heavy atom. The molecule has 0 unspecified atom stereocenters. The highest BCUT2D eigenvalue weighted by molar-refractivity contribution is 5.89. The molecule has 3 aromatic rings. The number of anilines is 1. The van der Waals surface area contributed by atoms with E-state index in [1.165, 1.54) is 28.5 Å². The summed E-state index contributed by atoms with van der Waals surface area (Å²) in [5.74, 6) is 0.293. The van der Waals surface area contributed by atoms with Crippen LogP contribution < -0.4 is 4.90 Å². The highest BCUT2D eigenvalue weighted by Crippen LogP contribution is 2.21. The van der Waals surface area contributed by atoms with Gasteiger partial charge in [-0.3, -0.25) is 9.69 Å². The molecule has 0 spiro atoms. The van der Waals surface area contributed by atoms with Crippen LogP contribution in [0, 0.1) is 6.92 Å². The van der Waals surface area contributed by atoms with Crippen molar-refractivity contribution in [3.8, 4) is 0 Å². The second-order valence-corrected chi connectivity index (χ2v) is 10.1. The minimum Gasteiger partial charge on any atom is -0.447 e. The third-order valence-electron chi connectivity index (χ3n) is 7.31. The summed E-state index contributed by atoms with van der Waals surface area (Å²) < 4.78 is 12.3. The Morgan fingerprint density at radius 3 is 2.45 bits per heavy atom. The number of aromatic nitrogens is 1. The lowest BCUT2D eigenvalue weighted by Gasteiger charge is -2.26. The van der Waals surface area contributed by atoms with Crippen molar-refractivity contribution in [2.75, 3.05) is 44.9 Å². The summed E-state index contributed by atoms with van der Waals surface area (Å²) in [5, 5.41) is 1.36. The molecule has 5 rings (SSSR count). The number of methoxy groups -OCH3 is 1. The Hall–Kier alpha value is -3.32. The summed E-state index contributed by atoms with van der Waals surface area (Å²) in [6, 6.07) is 16.5. The van der Waals surface area contributed by atoms with Gasteiger partial charge in [-0.2, -0.15) is 0 Å². The van der Waals surface area contributed by atoms with Crippen molar-refractivity contribution >= 4 is 28.6 Å². The lowest BCUT2D eigenvalue weighted by Crippen LogP contribution is -2.35. The zero-order valence-electron chi connectivity index (χ0n) is 22.9. The van der Waals surface area contributed by atoms with Gasteiger partial charge < -0.3 is 18.9 Å². The van der Waals surface area contributed by atoms with Crippen LogP contribution in [-0.2, 0) is 27.2 Å². The fourth-order valence-electron chi connectivity index (χ4n) is 5.21. The van der Waals surface area contributed by atoms with Crippen molar-refractivity contribution in [2.24, 2.45) is 0 Å². The monoisotopic (exact) mass is 519 g/mol. The zero-order valence-corrected chi connectivity index (χ0v) is 22.9. The minimum absolute atomic E-state index is 0.273. The van der Waals surface area contributed by atoms with Crippen LogP contribution in [0.15, 0.2) is 54.7 Å². The van der Waals surface area contributed by atoms with Gasteiger partial charge in [0.05, 0.1) is 6.54 Å². The Morgan fingerprint density at radius 1 is 0.974 bits per heavy atom. The van der Waals surface area contributed by atoms with Crippen LogP contribution in [-0.4, -0.2) is 61.4 Å². The van der Waals surface area contributed by atoms with E-state index in [4.69, 9.17) is 9.47 Å². The summed E-state index contributed by atoms with van der Waals surface area (Å²) in [6.45, 7) is 6.95. The van der Waals surface area contributed by atoms with E-state index in [9.17, 15) is 9.59 Å². The van der Waals surface area contributed by atoms with Crippen LogP contribution in [0.2, 0.25) is 0 Å². The molecule has 38 heavy (non-hydrogen) atoms. The zero-order chi connectivity index (χ0) is 26.7. The molecular formula is C31H41N3O4. The van der Waals surface area contributed by atoms with E-state index in [1.807, 2.05) is 29.2 Å². The smallest absolute Gasteiger partial charge is 0.414 e. The van der Waals surface area contributed by atoms with Crippen molar-refractivity contribution in [3.63, 3.8) is 0 Å². The van der Waals surface area contributed by atoms with E-state index in [2.05, 4.69) is 42.0 Å². The SMILES string of the molecule is COCCCn1cc(C)c2ccccc21.O=C(CCCc1ccc(N2CCOC2=O)cc1)N1CCCCC1. The van der Waals surface area contributed by atoms with E-state index in [1.54, 1.807) is 12.0 Å². The molecule has 2 saturated heterocycles. The quantitative estimate of drug-likeness (QED) is 0.327.